The van der Waals surface area contributed by atoms with Crippen LogP contribution in [0.2, 0.25) is 0 Å². The topological polar surface area (TPSA) is 21.8 Å². The summed E-state index contributed by atoms with van der Waals surface area (Å²) in [5.41, 5.74) is 6.15. The van der Waals surface area contributed by atoms with E-state index >= 15 is 0 Å². The Morgan fingerprint density at radius 3 is 2.19 bits per heavy atom. The lowest BCUT2D eigenvalue weighted by Gasteiger charge is -2.49. The van der Waals surface area contributed by atoms with Crippen molar-refractivity contribution in [2.24, 2.45) is 0 Å². The molecule has 140 valence electrons. The predicted molar refractivity (Wildman–Crippen MR) is 110 cm³/mol. The van der Waals surface area contributed by atoms with Gasteiger partial charge in [0.05, 0.1) is 12.3 Å². The zero-order valence-electron chi connectivity index (χ0n) is 16.4. The second-order valence-electron chi connectivity index (χ2n) is 8.91. The number of rotatable bonds is 1. The highest BCUT2D eigenvalue weighted by atomic mass is 15.4. The van der Waals surface area contributed by atoms with Gasteiger partial charge in [0.25, 0.3) is 0 Å². The summed E-state index contributed by atoms with van der Waals surface area (Å²) in [6.07, 6.45) is 3.20. The Balaban J connectivity index is 1.70. The third-order valence-electron chi connectivity index (χ3n) is 8.12. The number of nitrogens with zero attached hydrogens (tertiary/aromatic N) is 3. The molecule has 0 amide bonds. The maximum absolute atomic E-state index is 3.89. The summed E-state index contributed by atoms with van der Waals surface area (Å²) in [6, 6.07) is 18.3. The molecule has 4 atom stereocenters. The number of nitrogens with one attached hydrogen (secondary N) is 1. The van der Waals surface area contributed by atoms with E-state index < -0.39 is 0 Å². The van der Waals surface area contributed by atoms with E-state index in [1.807, 2.05) is 0 Å². The van der Waals surface area contributed by atoms with Crippen molar-refractivity contribution in [3.05, 3.63) is 59.7 Å². The average Bonchev–Trinajstić information content (AvgIpc) is 3.40. The molecule has 4 nitrogen and oxygen atoms in total. The van der Waals surface area contributed by atoms with Crippen molar-refractivity contribution in [3.8, 4) is 0 Å². The molecule has 4 aliphatic heterocycles. The van der Waals surface area contributed by atoms with E-state index in [4.69, 9.17) is 0 Å². The fourth-order valence-electron chi connectivity index (χ4n) is 7.34. The van der Waals surface area contributed by atoms with Crippen LogP contribution < -0.4 is 15.1 Å². The monoisotopic (exact) mass is 360 g/mol. The largest absolute Gasteiger partial charge is 0.358 e. The molecule has 27 heavy (non-hydrogen) atoms. The lowest BCUT2D eigenvalue weighted by molar-refractivity contribution is 0.151. The van der Waals surface area contributed by atoms with E-state index in [0.717, 1.165) is 13.1 Å². The first-order valence-corrected chi connectivity index (χ1v) is 10.2. The number of anilines is 2. The Bertz CT molecular complexity index is 926. The first kappa shape index (κ1) is 16.0. The molecule has 0 bridgehead atoms. The van der Waals surface area contributed by atoms with E-state index in [-0.39, 0.29) is 10.8 Å². The van der Waals surface area contributed by atoms with Crippen LogP contribution in [0.15, 0.2) is 48.5 Å². The molecule has 0 unspecified atom stereocenters. The number of hydrogen-bond acceptors (Lipinski definition) is 4. The highest BCUT2D eigenvalue weighted by Gasteiger charge is 2.72. The lowest BCUT2D eigenvalue weighted by Crippen LogP contribution is -2.62. The minimum atomic E-state index is 0.106. The van der Waals surface area contributed by atoms with Crippen LogP contribution in [0.5, 0.6) is 0 Å². The Labute approximate surface area is 161 Å². The van der Waals surface area contributed by atoms with Crippen molar-refractivity contribution in [3.63, 3.8) is 0 Å². The number of fused-ring (bicyclic) bond motifs is 7. The van der Waals surface area contributed by atoms with Crippen molar-refractivity contribution in [1.82, 2.24) is 10.2 Å². The smallest absolute Gasteiger partial charge is 0.0924 e. The van der Waals surface area contributed by atoms with Crippen molar-refractivity contribution < 1.29 is 0 Å². The van der Waals surface area contributed by atoms with Crippen LogP contribution in [0.3, 0.4) is 0 Å². The van der Waals surface area contributed by atoms with Crippen LogP contribution in [0.1, 0.15) is 24.0 Å². The molecular weight excluding hydrogens is 332 g/mol. The standard InChI is InChI=1S/C23H28N4/c1-25-15-13-23(17-9-5-7-11-19(17)27(3)21(23)25)22-12-14-24-20(22)26(2)18-10-6-4-8-16(18)22/h4-11,20-21,24H,12-15H2,1-3H3/t20-,21-,22-,23-/m0/s1. The molecule has 4 heteroatoms. The van der Waals surface area contributed by atoms with Gasteiger partial charge in [0.1, 0.15) is 0 Å². The van der Waals surface area contributed by atoms with Crippen molar-refractivity contribution in [2.75, 3.05) is 44.0 Å². The minimum absolute atomic E-state index is 0.106. The molecule has 0 radical (unpaired) electrons. The van der Waals surface area contributed by atoms with E-state index in [1.165, 1.54) is 24.2 Å². The molecule has 4 heterocycles. The van der Waals surface area contributed by atoms with E-state index in [9.17, 15) is 0 Å². The number of likely N-dealkylation sites (N-methyl/N-ethyl adjacent to an activating group) is 3. The van der Waals surface area contributed by atoms with Gasteiger partial charge in [0, 0.05) is 42.8 Å². The fourth-order valence-corrected chi connectivity index (χ4v) is 7.34. The van der Waals surface area contributed by atoms with Crippen LogP contribution in [0.4, 0.5) is 11.4 Å². The summed E-state index contributed by atoms with van der Waals surface area (Å²) in [5.74, 6) is 0. The molecular formula is C23H28N4. The molecule has 1 N–H and O–H groups in total. The first-order chi connectivity index (χ1) is 13.1. The molecule has 6 rings (SSSR count). The summed E-state index contributed by atoms with van der Waals surface area (Å²) >= 11 is 0. The van der Waals surface area contributed by atoms with Crippen molar-refractivity contribution in [2.45, 2.75) is 36.0 Å². The summed E-state index contributed by atoms with van der Waals surface area (Å²) in [5, 5.41) is 3.89. The highest BCUT2D eigenvalue weighted by Crippen LogP contribution is 2.66. The Morgan fingerprint density at radius 1 is 0.815 bits per heavy atom. The Morgan fingerprint density at radius 2 is 1.44 bits per heavy atom. The van der Waals surface area contributed by atoms with Crippen LogP contribution in [-0.4, -0.2) is 51.5 Å². The predicted octanol–water partition coefficient (Wildman–Crippen LogP) is 2.74. The van der Waals surface area contributed by atoms with E-state index in [1.54, 1.807) is 11.1 Å². The second-order valence-corrected chi connectivity index (χ2v) is 8.91. The third-order valence-corrected chi connectivity index (χ3v) is 8.12. The van der Waals surface area contributed by atoms with Gasteiger partial charge in [-0.05, 0) is 49.7 Å². The number of para-hydroxylation sites is 2. The van der Waals surface area contributed by atoms with Crippen molar-refractivity contribution >= 4 is 11.4 Å². The quantitative estimate of drug-likeness (QED) is 0.844. The van der Waals surface area contributed by atoms with Gasteiger partial charge < -0.3 is 9.80 Å². The SMILES string of the molecule is CN1CC[C@]2([C@]34CCN[C@H]3N(C)c3ccccc34)c3ccccc3N(C)[C@H]12. The summed E-state index contributed by atoms with van der Waals surface area (Å²) in [6.45, 7) is 2.25. The first-order valence-electron chi connectivity index (χ1n) is 10.2. The Kier molecular flexibility index (Phi) is 2.99. The summed E-state index contributed by atoms with van der Waals surface area (Å²) < 4.78 is 0. The van der Waals surface area contributed by atoms with E-state index in [2.05, 4.69) is 89.7 Å². The average molecular weight is 361 g/mol. The molecule has 2 aromatic rings. The van der Waals surface area contributed by atoms with Gasteiger partial charge in [-0.1, -0.05) is 36.4 Å². The van der Waals surface area contributed by atoms with Gasteiger partial charge in [-0.3, -0.25) is 10.2 Å². The molecule has 0 aromatic heterocycles. The fraction of sp³-hybridized carbons (Fsp3) is 0.478. The molecule has 0 aliphatic carbocycles. The van der Waals surface area contributed by atoms with Crippen LogP contribution in [0.25, 0.3) is 0 Å². The minimum Gasteiger partial charge on any atom is -0.358 e. The van der Waals surface area contributed by atoms with Crippen LogP contribution in [-0.2, 0) is 10.8 Å². The lowest BCUT2D eigenvalue weighted by atomic mass is 9.55. The zero-order valence-corrected chi connectivity index (χ0v) is 16.4. The van der Waals surface area contributed by atoms with Crippen molar-refractivity contribution in [1.29, 1.82) is 0 Å². The molecule has 2 saturated heterocycles. The van der Waals surface area contributed by atoms with Crippen LogP contribution in [0, 0.1) is 0 Å². The van der Waals surface area contributed by atoms with Gasteiger partial charge in [-0.25, -0.2) is 0 Å². The third kappa shape index (κ3) is 1.56. The van der Waals surface area contributed by atoms with Gasteiger partial charge in [-0.15, -0.1) is 0 Å². The van der Waals surface area contributed by atoms with Crippen LogP contribution >= 0.6 is 0 Å². The molecule has 2 aromatic carbocycles. The molecule has 4 aliphatic rings. The number of benzene rings is 2. The molecule has 0 saturated carbocycles. The van der Waals surface area contributed by atoms with Gasteiger partial charge in [0.2, 0.25) is 0 Å². The van der Waals surface area contributed by atoms with E-state index in [0.29, 0.717) is 12.3 Å². The molecule has 2 fully saturated rings. The second kappa shape index (κ2) is 5.06. The highest BCUT2D eigenvalue weighted by molar-refractivity contribution is 5.73. The number of hydrogen-bond donors (Lipinski definition) is 1. The van der Waals surface area contributed by atoms with Gasteiger partial charge in [-0.2, -0.15) is 0 Å². The summed E-state index contributed by atoms with van der Waals surface area (Å²) in [4.78, 5) is 7.64. The molecule has 0 spiro atoms. The normalized spacial score (nSPS) is 36.7. The van der Waals surface area contributed by atoms with Gasteiger partial charge in [0.15, 0.2) is 0 Å². The summed E-state index contributed by atoms with van der Waals surface area (Å²) in [7, 11) is 6.89. The Hall–Kier alpha value is -2.04. The zero-order chi connectivity index (χ0) is 18.4. The maximum Gasteiger partial charge on any atom is 0.0924 e. The maximum atomic E-state index is 3.89. The number of likely N-dealkylation sites (tertiary alicyclic amines) is 1. The van der Waals surface area contributed by atoms with Gasteiger partial charge >= 0.3 is 0 Å².